The van der Waals surface area contributed by atoms with E-state index in [0.29, 0.717) is 5.56 Å². The van der Waals surface area contributed by atoms with Gasteiger partial charge in [0.15, 0.2) is 0 Å². The molecule has 5 nitrogen and oxygen atoms in total. The SMILES string of the molecule is O=C1C(=O)N(Cc2cccc(C(F)(F)F)c2)C(c2ccncc2)/C1=C(\O)c1ccc(F)cc1. The Bertz CT molecular complexity index is 1240. The van der Waals surface area contributed by atoms with E-state index in [1.807, 2.05) is 0 Å². The number of hydrogen-bond donors (Lipinski definition) is 1. The molecule has 168 valence electrons. The summed E-state index contributed by atoms with van der Waals surface area (Å²) in [4.78, 5) is 30.8. The Hall–Kier alpha value is -4.01. The van der Waals surface area contributed by atoms with Crippen molar-refractivity contribution in [1.82, 2.24) is 9.88 Å². The van der Waals surface area contributed by atoms with Crippen LogP contribution in [0.5, 0.6) is 0 Å². The predicted octanol–water partition coefficient (Wildman–Crippen LogP) is 4.86. The monoisotopic (exact) mass is 456 g/mol. The molecule has 0 bridgehead atoms. The zero-order chi connectivity index (χ0) is 23.8. The smallest absolute Gasteiger partial charge is 0.416 e. The molecule has 0 aliphatic carbocycles. The number of aromatic nitrogens is 1. The van der Waals surface area contributed by atoms with E-state index in [2.05, 4.69) is 4.98 Å². The number of Topliss-reactive ketones (excluding diaryl/α,β-unsaturated/α-hetero) is 1. The molecule has 1 aliphatic rings. The molecule has 9 heteroatoms. The van der Waals surface area contributed by atoms with Crippen molar-refractivity contribution in [3.8, 4) is 0 Å². The van der Waals surface area contributed by atoms with Gasteiger partial charge < -0.3 is 10.0 Å². The topological polar surface area (TPSA) is 70.5 Å². The predicted molar refractivity (Wildman–Crippen MR) is 110 cm³/mol. The fourth-order valence-electron chi connectivity index (χ4n) is 3.74. The summed E-state index contributed by atoms with van der Waals surface area (Å²) in [6, 6.07) is 11.1. The number of pyridine rings is 1. The van der Waals surface area contributed by atoms with Crippen LogP contribution in [-0.4, -0.2) is 26.7 Å². The van der Waals surface area contributed by atoms with Gasteiger partial charge in [-0.05, 0) is 59.7 Å². The van der Waals surface area contributed by atoms with Crippen molar-refractivity contribution in [2.75, 3.05) is 0 Å². The normalized spacial score (nSPS) is 18.1. The third kappa shape index (κ3) is 4.34. The standard InChI is InChI=1S/C24H16F4N2O3/c25-18-6-4-16(5-7-18)21(31)19-20(15-8-10-29-11-9-15)30(23(33)22(19)32)13-14-2-1-3-17(12-14)24(26,27)28/h1-12,20,31H,13H2/b21-19+. The van der Waals surface area contributed by atoms with E-state index >= 15 is 0 Å². The molecule has 1 amide bonds. The number of nitrogens with zero attached hydrogens (tertiary/aromatic N) is 2. The van der Waals surface area contributed by atoms with Crippen molar-refractivity contribution >= 4 is 17.4 Å². The van der Waals surface area contributed by atoms with E-state index in [-0.39, 0.29) is 23.2 Å². The Balaban J connectivity index is 1.82. The number of likely N-dealkylation sites (tertiary alicyclic amines) is 1. The average Bonchev–Trinajstić information content (AvgIpc) is 3.04. The van der Waals surface area contributed by atoms with Gasteiger partial charge in [-0.1, -0.05) is 12.1 Å². The van der Waals surface area contributed by atoms with Gasteiger partial charge in [-0.2, -0.15) is 13.2 Å². The molecule has 1 atom stereocenters. The summed E-state index contributed by atoms with van der Waals surface area (Å²) < 4.78 is 52.7. The second-order valence-electron chi connectivity index (χ2n) is 7.41. The molecule has 1 aromatic heterocycles. The van der Waals surface area contributed by atoms with Crippen LogP contribution >= 0.6 is 0 Å². The first kappa shape index (κ1) is 22.2. The van der Waals surface area contributed by atoms with Gasteiger partial charge >= 0.3 is 6.18 Å². The molecule has 2 aromatic carbocycles. The van der Waals surface area contributed by atoms with Gasteiger partial charge in [-0.25, -0.2) is 4.39 Å². The highest BCUT2D eigenvalue weighted by atomic mass is 19.4. The van der Waals surface area contributed by atoms with Gasteiger partial charge in [0.1, 0.15) is 11.6 Å². The highest BCUT2D eigenvalue weighted by Crippen LogP contribution is 2.40. The lowest BCUT2D eigenvalue weighted by Crippen LogP contribution is -2.29. The van der Waals surface area contributed by atoms with Gasteiger partial charge in [0, 0.05) is 24.5 Å². The molecule has 4 rings (SSSR count). The summed E-state index contributed by atoms with van der Waals surface area (Å²) in [5.74, 6) is -3.03. The number of hydrogen-bond acceptors (Lipinski definition) is 4. The summed E-state index contributed by atoms with van der Waals surface area (Å²) in [7, 11) is 0. The van der Waals surface area contributed by atoms with E-state index in [9.17, 15) is 32.3 Å². The number of alkyl halides is 3. The van der Waals surface area contributed by atoms with Crippen molar-refractivity contribution in [2.24, 2.45) is 0 Å². The van der Waals surface area contributed by atoms with E-state index in [0.717, 1.165) is 29.2 Å². The number of amides is 1. The number of aliphatic hydroxyl groups is 1. The fourth-order valence-corrected chi connectivity index (χ4v) is 3.74. The minimum absolute atomic E-state index is 0.118. The molecule has 33 heavy (non-hydrogen) atoms. The number of carbonyl (C=O) groups excluding carboxylic acids is 2. The minimum atomic E-state index is -4.57. The van der Waals surface area contributed by atoms with Crippen LogP contribution in [0, 0.1) is 5.82 Å². The van der Waals surface area contributed by atoms with Gasteiger partial charge in [0.05, 0.1) is 17.2 Å². The van der Waals surface area contributed by atoms with Crippen LogP contribution in [0.15, 0.2) is 78.6 Å². The Kier molecular flexibility index (Phi) is 5.71. The van der Waals surface area contributed by atoms with Gasteiger partial charge in [0.2, 0.25) is 0 Å². The summed E-state index contributed by atoms with van der Waals surface area (Å²) in [6.45, 7) is -0.304. The Morgan fingerprint density at radius 3 is 2.30 bits per heavy atom. The number of halogens is 4. The second-order valence-corrected chi connectivity index (χ2v) is 7.41. The van der Waals surface area contributed by atoms with E-state index < -0.39 is 41.0 Å². The molecular weight excluding hydrogens is 440 g/mol. The lowest BCUT2D eigenvalue weighted by atomic mass is 9.95. The summed E-state index contributed by atoms with van der Waals surface area (Å²) in [6.07, 6.45) is -1.72. The maximum Gasteiger partial charge on any atom is 0.416 e. The zero-order valence-electron chi connectivity index (χ0n) is 16.9. The number of aliphatic hydroxyl groups excluding tert-OH is 1. The van der Waals surface area contributed by atoms with Crippen LogP contribution in [0.1, 0.15) is 28.3 Å². The maximum atomic E-state index is 13.3. The van der Waals surface area contributed by atoms with E-state index in [4.69, 9.17) is 0 Å². The Labute approximate surface area is 185 Å². The molecule has 3 aromatic rings. The molecular formula is C24H16F4N2O3. The molecule has 1 fully saturated rings. The van der Waals surface area contributed by atoms with Crippen LogP contribution in [0.25, 0.3) is 5.76 Å². The molecule has 1 aliphatic heterocycles. The first-order chi connectivity index (χ1) is 15.7. The van der Waals surface area contributed by atoms with Crippen molar-refractivity contribution < 1.29 is 32.3 Å². The number of benzene rings is 2. The zero-order valence-corrected chi connectivity index (χ0v) is 16.9. The summed E-state index contributed by atoms with van der Waals surface area (Å²) in [5, 5.41) is 10.9. The first-order valence-corrected chi connectivity index (χ1v) is 9.77. The van der Waals surface area contributed by atoms with Gasteiger partial charge in [-0.3, -0.25) is 14.6 Å². The average molecular weight is 456 g/mol. The van der Waals surface area contributed by atoms with Crippen LogP contribution in [0.3, 0.4) is 0 Å². The number of rotatable bonds is 4. The first-order valence-electron chi connectivity index (χ1n) is 9.77. The highest BCUT2D eigenvalue weighted by molar-refractivity contribution is 6.46. The number of ketones is 1. The van der Waals surface area contributed by atoms with Crippen LogP contribution < -0.4 is 0 Å². The van der Waals surface area contributed by atoms with E-state index in [1.54, 1.807) is 0 Å². The second kappa shape index (κ2) is 8.50. The van der Waals surface area contributed by atoms with Crippen LogP contribution in [0.2, 0.25) is 0 Å². The van der Waals surface area contributed by atoms with Crippen molar-refractivity contribution in [3.63, 3.8) is 0 Å². The minimum Gasteiger partial charge on any atom is -0.507 e. The third-order valence-corrected chi connectivity index (χ3v) is 5.29. The summed E-state index contributed by atoms with van der Waals surface area (Å²) >= 11 is 0. The Morgan fingerprint density at radius 1 is 1.00 bits per heavy atom. The molecule has 1 saturated heterocycles. The Morgan fingerprint density at radius 2 is 1.67 bits per heavy atom. The highest BCUT2D eigenvalue weighted by Gasteiger charge is 2.46. The van der Waals surface area contributed by atoms with Crippen molar-refractivity contribution in [3.05, 3.63) is 107 Å². The summed E-state index contributed by atoms with van der Waals surface area (Å²) in [5.41, 5.74) is -0.423. The third-order valence-electron chi connectivity index (χ3n) is 5.29. The van der Waals surface area contributed by atoms with E-state index in [1.165, 1.54) is 48.8 Å². The molecule has 1 N–H and O–H groups in total. The van der Waals surface area contributed by atoms with Crippen LogP contribution in [0.4, 0.5) is 17.6 Å². The maximum absolute atomic E-state index is 13.3. The number of carbonyl (C=O) groups is 2. The molecule has 0 spiro atoms. The quantitative estimate of drug-likeness (QED) is 0.264. The molecule has 0 saturated carbocycles. The molecule has 0 radical (unpaired) electrons. The van der Waals surface area contributed by atoms with Gasteiger partial charge in [0.25, 0.3) is 11.7 Å². The van der Waals surface area contributed by atoms with Crippen molar-refractivity contribution in [1.29, 1.82) is 0 Å². The van der Waals surface area contributed by atoms with Gasteiger partial charge in [-0.15, -0.1) is 0 Å². The fraction of sp³-hybridized carbons (Fsp3) is 0.125. The molecule has 1 unspecified atom stereocenters. The lowest BCUT2D eigenvalue weighted by molar-refractivity contribution is -0.140. The van der Waals surface area contributed by atoms with Crippen LogP contribution in [-0.2, 0) is 22.3 Å². The lowest BCUT2D eigenvalue weighted by Gasteiger charge is -2.25. The molecule has 2 heterocycles. The largest absolute Gasteiger partial charge is 0.507 e. The van der Waals surface area contributed by atoms with Crippen molar-refractivity contribution in [2.45, 2.75) is 18.8 Å².